The van der Waals surface area contributed by atoms with Crippen molar-refractivity contribution < 1.29 is 13.2 Å². The molecule has 1 N–H and O–H groups in total. The van der Waals surface area contributed by atoms with Gasteiger partial charge in [-0.3, -0.25) is 4.79 Å². The highest BCUT2D eigenvalue weighted by atomic mass is 32.2. The smallest absolute Gasteiger partial charge is 0.243 e. The minimum atomic E-state index is -3.43. The second-order valence-corrected chi connectivity index (χ2v) is 10.7. The molecule has 0 aromatic heterocycles. The van der Waals surface area contributed by atoms with Gasteiger partial charge in [0.2, 0.25) is 15.9 Å². The first-order valence-corrected chi connectivity index (χ1v) is 11.8. The average molecular weight is 391 g/mol. The average Bonchev–Trinajstić information content (AvgIpc) is 3.25. The van der Waals surface area contributed by atoms with Crippen LogP contribution in [0.5, 0.6) is 0 Å². The Morgan fingerprint density at radius 2 is 1.78 bits per heavy atom. The SMILES string of the molecule is CC1CCN(S(=O)(=O)c2ccc(NC(=O)C[C@H]3C[C@H]4CC[C@@H]3C4)cc2)CC1. The molecule has 1 saturated heterocycles. The first-order chi connectivity index (χ1) is 12.9. The van der Waals surface area contributed by atoms with Crippen molar-refractivity contribution in [3.05, 3.63) is 24.3 Å². The summed E-state index contributed by atoms with van der Waals surface area (Å²) in [4.78, 5) is 12.7. The molecule has 1 aromatic rings. The van der Waals surface area contributed by atoms with Crippen LogP contribution in [0.3, 0.4) is 0 Å². The number of anilines is 1. The Kier molecular flexibility index (Phi) is 5.30. The topological polar surface area (TPSA) is 66.5 Å². The Hall–Kier alpha value is -1.40. The summed E-state index contributed by atoms with van der Waals surface area (Å²) in [6.07, 6.45) is 7.54. The second-order valence-electron chi connectivity index (χ2n) is 8.80. The molecule has 2 saturated carbocycles. The first kappa shape index (κ1) is 18.9. The molecular formula is C21H30N2O3S. The minimum Gasteiger partial charge on any atom is -0.326 e. The highest BCUT2D eigenvalue weighted by Gasteiger charge is 2.40. The largest absolute Gasteiger partial charge is 0.326 e. The van der Waals surface area contributed by atoms with E-state index in [1.807, 2.05) is 0 Å². The predicted octanol–water partition coefficient (Wildman–Crippen LogP) is 3.87. The van der Waals surface area contributed by atoms with Gasteiger partial charge in [0.1, 0.15) is 0 Å². The summed E-state index contributed by atoms with van der Waals surface area (Å²) in [6.45, 7) is 3.34. The highest BCUT2D eigenvalue weighted by molar-refractivity contribution is 7.89. The van der Waals surface area contributed by atoms with Gasteiger partial charge < -0.3 is 5.32 Å². The molecule has 6 heteroatoms. The number of nitrogens with zero attached hydrogens (tertiary/aromatic N) is 1. The fourth-order valence-electron chi connectivity index (χ4n) is 5.16. The van der Waals surface area contributed by atoms with Crippen molar-refractivity contribution in [2.24, 2.45) is 23.7 Å². The maximum atomic E-state index is 12.8. The summed E-state index contributed by atoms with van der Waals surface area (Å²) >= 11 is 0. The van der Waals surface area contributed by atoms with E-state index in [-0.39, 0.29) is 5.91 Å². The van der Waals surface area contributed by atoms with Crippen molar-refractivity contribution in [3.8, 4) is 0 Å². The zero-order valence-electron chi connectivity index (χ0n) is 16.1. The molecule has 1 heterocycles. The molecule has 1 aromatic carbocycles. The van der Waals surface area contributed by atoms with E-state index in [2.05, 4.69) is 12.2 Å². The third-order valence-electron chi connectivity index (χ3n) is 6.85. The van der Waals surface area contributed by atoms with Gasteiger partial charge in [0.15, 0.2) is 0 Å². The number of piperidine rings is 1. The van der Waals surface area contributed by atoms with Crippen molar-refractivity contribution in [2.75, 3.05) is 18.4 Å². The van der Waals surface area contributed by atoms with Crippen LogP contribution in [0.4, 0.5) is 5.69 Å². The molecule has 2 bridgehead atoms. The molecule has 4 rings (SSSR count). The quantitative estimate of drug-likeness (QED) is 0.830. The molecule has 3 aliphatic rings. The van der Waals surface area contributed by atoms with Crippen LogP contribution in [0.25, 0.3) is 0 Å². The molecule has 1 amide bonds. The standard InChI is InChI=1S/C21H30N2O3S/c1-15-8-10-23(11-9-15)27(25,26)20-6-4-19(5-7-20)22-21(24)14-18-13-16-2-3-17(18)12-16/h4-7,15-18H,2-3,8-14H2,1H3,(H,22,24)/t16-,17+,18+/m0/s1. The van der Waals surface area contributed by atoms with E-state index in [1.165, 1.54) is 25.7 Å². The summed E-state index contributed by atoms with van der Waals surface area (Å²) in [5.74, 6) is 2.75. The summed E-state index contributed by atoms with van der Waals surface area (Å²) in [7, 11) is -3.43. The molecular weight excluding hydrogens is 360 g/mol. The molecule has 3 fully saturated rings. The lowest BCUT2D eigenvalue weighted by Gasteiger charge is -2.29. The molecule has 1 aliphatic heterocycles. The Bertz CT molecular complexity index is 782. The molecule has 5 nitrogen and oxygen atoms in total. The maximum Gasteiger partial charge on any atom is 0.243 e. The Morgan fingerprint density at radius 1 is 1.07 bits per heavy atom. The normalized spacial score (nSPS) is 29.1. The summed E-state index contributed by atoms with van der Waals surface area (Å²) in [5, 5.41) is 2.94. The van der Waals surface area contributed by atoms with Gasteiger partial charge in [-0.15, -0.1) is 0 Å². The van der Waals surface area contributed by atoms with Crippen LogP contribution < -0.4 is 5.32 Å². The van der Waals surface area contributed by atoms with E-state index in [1.54, 1.807) is 28.6 Å². The van der Waals surface area contributed by atoms with Crippen LogP contribution in [0.1, 0.15) is 51.9 Å². The van der Waals surface area contributed by atoms with Gasteiger partial charge in [-0.2, -0.15) is 4.31 Å². The van der Waals surface area contributed by atoms with E-state index in [0.29, 0.717) is 41.9 Å². The number of nitrogens with one attached hydrogen (secondary N) is 1. The minimum absolute atomic E-state index is 0.0492. The summed E-state index contributed by atoms with van der Waals surface area (Å²) in [5.41, 5.74) is 0.675. The number of hydrogen-bond acceptors (Lipinski definition) is 3. The predicted molar refractivity (Wildman–Crippen MR) is 106 cm³/mol. The van der Waals surface area contributed by atoms with Crippen LogP contribution in [-0.2, 0) is 14.8 Å². The number of carbonyl (C=O) groups excluding carboxylic acids is 1. The van der Waals surface area contributed by atoms with E-state index in [4.69, 9.17) is 0 Å². The fourth-order valence-corrected chi connectivity index (χ4v) is 6.63. The zero-order valence-corrected chi connectivity index (χ0v) is 16.9. The monoisotopic (exact) mass is 390 g/mol. The van der Waals surface area contributed by atoms with Crippen molar-refractivity contribution in [1.29, 1.82) is 0 Å². The van der Waals surface area contributed by atoms with E-state index in [0.717, 1.165) is 24.7 Å². The van der Waals surface area contributed by atoms with Gasteiger partial charge in [0.05, 0.1) is 4.90 Å². The van der Waals surface area contributed by atoms with Crippen molar-refractivity contribution >= 4 is 21.6 Å². The van der Waals surface area contributed by atoms with Gasteiger partial charge in [0.25, 0.3) is 0 Å². The molecule has 27 heavy (non-hydrogen) atoms. The van der Waals surface area contributed by atoms with E-state index in [9.17, 15) is 13.2 Å². The Morgan fingerprint density at radius 3 is 2.37 bits per heavy atom. The molecule has 3 atom stereocenters. The lowest BCUT2D eigenvalue weighted by molar-refractivity contribution is -0.117. The van der Waals surface area contributed by atoms with Crippen molar-refractivity contribution in [3.63, 3.8) is 0 Å². The number of rotatable bonds is 5. The maximum absolute atomic E-state index is 12.8. The number of sulfonamides is 1. The Labute approximate surface area is 162 Å². The zero-order chi connectivity index (χ0) is 19.0. The van der Waals surface area contributed by atoms with Gasteiger partial charge in [0, 0.05) is 25.2 Å². The van der Waals surface area contributed by atoms with Gasteiger partial charge in [-0.25, -0.2) is 8.42 Å². The number of carbonyl (C=O) groups is 1. The highest BCUT2D eigenvalue weighted by Crippen LogP contribution is 2.49. The summed E-state index contributed by atoms with van der Waals surface area (Å²) in [6, 6.07) is 6.64. The molecule has 148 valence electrons. The van der Waals surface area contributed by atoms with Gasteiger partial charge >= 0.3 is 0 Å². The van der Waals surface area contributed by atoms with E-state index < -0.39 is 10.0 Å². The van der Waals surface area contributed by atoms with Crippen LogP contribution >= 0.6 is 0 Å². The van der Waals surface area contributed by atoms with E-state index >= 15 is 0 Å². The molecule has 0 radical (unpaired) electrons. The van der Waals surface area contributed by atoms with Crippen LogP contribution in [-0.4, -0.2) is 31.7 Å². The van der Waals surface area contributed by atoms with Gasteiger partial charge in [-0.05, 0) is 80.0 Å². The number of amides is 1. The van der Waals surface area contributed by atoms with Crippen molar-refractivity contribution in [1.82, 2.24) is 4.31 Å². The van der Waals surface area contributed by atoms with Gasteiger partial charge in [-0.1, -0.05) is 13.3 Å². The second kappa shape index (κ2) is 7.55. The fraction of sp³-hybridized carbons (Fsp3) is 0.667. The Balaban J connectivity index is 1.35. The third-order valence-corrected chi connectivity index (χ3v) is 8.76. The number of fused-ring (bicyclic) bond motifs is 2. The lowest BCUT2D eigenvalue weighted by Crippen LogP contribution is -2.37. The molecule has 2 aliphatic carbocycles. The number of benzene rings is 1. The molecule has 0 spiro atoms. The number of hydrogen-bond donors (Lipinski definition) is 1. The van der Waals surface area contributed by atoms with Crippen molar-refractivity contribution in [2.45, 2.75) is 56.8 Å². The van der Waals surface area contributed by atoms with Crippen LogP contribution in [0.15, 0.2) is 29.2 Å². The first-order valence-electron chi connectivity index (χ1n) is 10.3. The van der Waals surface area contributed by atoms with Crippen LogP contribution in [0, 0.1) is 23.7 Å². The summed E-state index contributed by atoms with van der Waals surface area (Å²) < 4.78 is 27.1. The lowest BCUT2D eigenvalue weighted by atomic mass is 9.86. The molecule has 0 unspecified atom stereocenters. The van der Waals surface area contributed by atoms with Crippen LogP contribution in [0.2, 0.25) is 0 Å². The third kappa shape index (κ3) is 4.06.